The number of hydrogen-bond acceptors (Lipinski definition) is 3. The Kier molecular flexibility index (Phi) is 2.70. The number of anilines is 1. The summed E-state index contributed by atoms with van der Waals surface area (Å²) in [6, 6.07) is 1.51. The fourth-order valence-corrected chi connectivity index (χ4v) is 2.74. The second-order valence-electron chi connectivity index (χ2n) is 5.34. The Hall–Kier alpha value is -1.29. The lowest BCUT2D eigenvalue weighted by molar-refractivity contribution is 0.0697. The number of nitrogens with one attached hydrogen (secondary N) is 1. The summed E-state index contributed by atoms with van der Waals surface area (Å²) < 4.78 is 0. The highest BCUT2D eigenvalue weighted by Crippen LogP contribution is 2.61. The van der Waals surface area contributed by atoms with Gasteiger partial charge in [0.2, 0.25) is 0 Å². The minimum Gasteiger partial charge on any atom is -0.478 e. The Bertz CT molecular complexity index is 496. The van der Waals surface area contributed by atoms with Crippen molar-refractivity contribution < 1.29 is 9.90 Å². The number of aromatic carboxylic acids is 1. The highest BCUT2D eigenvalue weighted by molar-refractivity contribution is 6.33. The molecule has 2 fully saturated rings. The van der Waals surface area contributed by atoms with Gasteiger partial charge in [-0.2, -0.15) is 0 Å². The van der Waals surface area contributed by atoms with Gasteiger partial charge in [-0.25, -0.2) is 9.78 Å². The van der Waals surface area contributed by atoms with Crippen LogP contribution in [0.4, 0.5) is 5.82 Å². The number of carbonyl (C=O) groups is 1. The van der Waals surface area contributed by atoms with Crippen LogP contribution in [-0.2, 0) is 0 Å². The van der Waals surface area contributed by atoms with E-state index in [0.717, 1.165) is 12.5 Å². The topological polar surface area (TPSA) is 62.2 Å². The van der Waals surface area contributed by atoms with Crippen molar-refractivity contribution in [2.45, 2.75) is 25.7 Å². The lowest BCUT2D eigenvalue weighted by Gasteiger charge is -2.15. The SMILES string of the molecule is O=C(O)c1cc(NCC2(C3CC3)CC2)ncc1Cl. The molecule has 1 aromatic rings. The molecule has 0 unspecified atom stereocenters. The molecule has 3 rings (SSSR count). The Labute approximate surface area is 110 Å². The minimum absolute atomic E-state index is 0.102. The van der Waals surface area contributed by atoms with Crippen molar-refractivity contribution in [3.05, 3.63) is 22.8 Å². The third kappa shape index (κ3) is 2.17. The molecule has 2 saturated carbocycles. The summed E-state index contributed by atoms with van der Waals surface area (Å²) >= 11 is 5.78. The van der Waals surface area contributed by atoms with E-state index >= 15 is 0 Å². The molecule has 0 aromatic carbocycles. The zero-order valence-electron chi connectivity index (χ0n) is 9.95. The molecule has 1 heterocycles. The molecule has 0 spiro atoms. The molecule has 96 valence electrons. The van der Waals surface area contributed by atoms with Crippen LogP contribution >= 0.6 is 11.6 Å². The van der Waals surface area contributed by atoms with Crippen molar-refractivity contribution >= 4 is 23.4 Å². The molecule has 2 N–H and O–H groups in total. The van der Waals surface area contributed by atoms with Gasteiger partial charge in [0.05, 0.1) is 10.6 Å². The van der Waals surface area contributed by atoms with E-state index in [1.54, 1.807) is 0 Å². The molecule has 2 aliphatic rings. The molecule has 0 saturated heterocycles. The van der Waals surface area contributed by atoms with Crippen LogP contribution in [0, 0.1) is 11.3 Å². The van der Waals surface area contributed by atoms with Crippen LogP contribution in [0.1, 0.15) is 36.0 Å². The summed E-state index contributed by atoms with van der Waals surface area (Å²) in [7, 11) is 0. The van der Waals surface area contributed by atoms with Gasteiger partial charge in [-0.3, -0.25) is 0 Å². The van der Waals surface area contributed by atoms with Crippen molar-refractivity contribution in [3.63, 3.8) is 0 Å². The molecule has 0 atom stereocenters. The van der Waals surface area contributed by atoms with Crippen molar-refractivity contribution in [3.8, 4) is 0 Å². The Balaban J connectivity index is 1.69. The quantitative estimate of drug-likeness (QED) is 0.860. The van der Waals surface area contributed by atoms with Gasteiger partial charge in [-0.05, 0) is 43.1 Å². The van der Waals surface area contributed by atoms with E-state index in [9.17, 15) is 4.79 Å². The van der Waals surface area contributed by atoms with Gasteiger partial charge in [-0.1, -0.05) is 11.6 Å². The van der Waals surface area contributed by atoms with Crippen molar-refractivity contribution in [2.75, 3.05) is 11.9 Å². The number of aromatic nitrogens is 1. The first-order valence-corrected chi connectivity index (χ1v) is 6.61. The van der Waals surface area contributed by atoms with Gasteiger partial charge in [0, 0.05) is 12.7 Å². The molecule has 0 radical (unpaired) electrons. The van der Waals surface area contributed by atoms with Gasteiger partial charge in [-0.15, -0.1) is 0 Å². The van der Waals surface area contributed by atoms with E-state index in [1.165, 1.54) is 37.9 Å². The maximum atomic E-state index is 11.0. The second kappa shape index (κ2) is 4.12. The fraction of sp³-hybridized carbons (Fsp3) is 0.538. The zero-order chi connectivity index (χ0) is 12.8. The second-order valence-corrected chi connectivity index (χ2v) is 5.75. The maximum absolute atomic E-state index is 11.0. The van der Waals surface area contributed by atoms with Crippen LogP contribution in [0.5, 0.6) is 0 Å². The minimum atomic E-state index is -1.02. The Morgan fingerprint density at radius 3 is 2.83 bits per heavy atom. The standard InChI is InChI=1S/C13H15ClN2O2/c14-10-6-15-11(5-9(10)12(17)18)16-7-13(3-4-13)8-1-2-8/h5-6,8H,1-4,7H2,(H,15,16)(H,17,18). The average molecular weight is 267 g/mol. The number of carboxylic acids is 1. The van der Waals surface area contributed by atoms with Crippen LogP contribution < -0.4 is 5.32 Å². The molecule has 0 amide bonds. The summed E-state index contributed by atoms with van der Waals surface area (Å²) in [5.74, 6) is 0.453. The van der Waals surface area contributed by atoms with E-state index < -0.39 is 5.97 Å². The predicted molar refractivity (Wildman–Crippen MR) is 69.1 cm³/mol. The number of hydrogen-bond donors (Lipinski definition) is 2. The van der Waals surface area contributed by atoms with Gasteiger partial charge in [0.25, 0.3) is 0 Å². The fourth-order valence-electron chi connectivity index (χ4n) is 2.55. The molecule has 18 heavy (non-hydrogen) atoms. The summed E-state index contributed by atoms with van der Waals surface area (Å²) in [6.45, 7) is 0.894. The van der Waals surface area contributed by atoms with Crippen LogP contribution in [-0.4, -0.2) is 22.6 Å². The lowest BCUT2D eigenvalue weighted by Crippen LogP contribution is -2.18. The van der Waals surface area contributed by atoms with Crippen molar-refractivity contribution in [1.29, 1.82) is 0 Å². The van der Waals surface area contributed by atoms with E-state index in [1.807, 2.05) is 0 Å². The maximum Gasteiger partial charge on any atom is 0.337 e. The molecule has 4 nitrogen and oxygen atoms in total. The monoisotopic (exact) mass is 266 g/mol. The van der Waals surface area contributed by atoms with Crippen molar-refractivity contribution in [2.24, 2.45) is 11.3 Å². The molecular weight excluding hydrogens is 252 g/mol. The highest BCUT2D eigenvalue weighted by Gasteiger charge is 2.53. The predicted octanol–water partition coefficient (Wildman–Crippen LogP) is 3.04. The molecule has 0 bridgehead atoms. The first kappa shape index (κ1) is 11.8. The smallest absolute Gasteiger partial charge is 0.337 e. The molecule has 0 aliphatic heterocycles. The number of rotatable bonds is 5. The zero-order valence-corrected chi connectivity index (χ0v) is 10.7. The van der Waals surface area contributed by atoms with Gasteiger partial charge < -0.3 is 10.4 Å². The number of halogens is 1. The first-order valence-electron chi connectivity index (χ1n) is 6.23. The van der Waals surface area contributed by atoms with Crippen LogP contribution in [0.25, 0.3) is 0 Å². The van der Waals surface area contributed by atoms with Crippen LogP contribution in [0.15, 0.2) is 12.3 Å². The number of pyridine rings is 1. The van der Waals surface area contributed by atoms with Gasteiger partial charge in [0.1, 0.15) is 5.82 Å². The van der Waals surface area contributed by atoms with Gasteiger partial charge in [0.15, 0.2) is 0 Å². The van der Waals surface area contributed by atoms with E-state index in [4.69, 9.17) is 16.7 Å². The largest absolute Gasteiger partial charge is 0.478 e. The third-order valence-corrected chi connectivity index (χ3v) is 4.34. The van der Waals surface area contributed by atoms with E-state index in [0.29, 0.717) is 11.2 Å². The first-order chi connectivity index (χ1) is 8.61. The molecule has 5 heteroatoms. The van der Waals surface area contributed by atoms with E-state index in [2.05, 4.69) is 10.3 Å². The third-order valence-electron chi connectivity index (χ3n) is 4.04. The summed E-state index contributed by atoms with van der Waals surface area (Å²) in [5.41, 5.74) is 0.565. The van der Waals surface area contributed by atoms with Crippen LogP contribution in [0.2, 0.25) is 5.02 Å². The average Bonchev–Trinajstić information content (AvgIpc) is 3.20. The number of carboxylic acid groups (broad SMARTS) is 1. The molecular formula is C13H15ClN2O2. The van der Waals surface area contributed by atoms with E-state index in [-0.39, 0.29) is 10.6 Å². The molecule has 2 aliphatic carbocycles. The van der Waals surface area contributed by atoms with Crippen LogP contribution in [0.3, 0.4) is 0 Å². The van der Waals surface area contributed by atoms with Gasteiger partial charge >= 0.3 is 5.97 Å². The lowest BCUT2D eigenvalue weighted by atomic mass is 10.0. The Morgan fingerprint density at radius 1 is 1.56 bits per heavy atom. The van der Waals surface area contributed by atoms with Crippen molar-refractivity contribution in [1.82, 2.24) is 4.98 Å². The highest BCUT2D eigenvalue weighted by atomic mass is 35.5. The summed E-state index contributed by atoms with van der Waals surface area (Å²) in [4.78, 5) is 15.1. The molecule has 1 aromatic heterocycles. The number of nitrogens with zero attached hydrogens (tertiary/aromatic N) is 1. The summed E-state index contributed by atoms with van der Waals surface area (Å²) in [5, 5.41) is 12.4. The normalized spacial score (nSPS) is 20.5. The summed E-state index contributed by atoms with van der Waals surface area (Å²) in [6.07, 6.45) is 6.64. The Morgan fingerprint density at radius 2 is 2.28 bits per heavy atom.